The minimum atomic E-state index is -4.81. The van der Waals surface area contributed by atoms with E-state index < -0.39 is 11.8 Å². The molecule has 2 aliphatic carbocycles. The van der Waals surface area contributed by atoms with Crippen molar-refractivity contribution in [2.45, 2.75) is 87.6 Å². The van der Waals surface area contributed by atoms with Crippen LogP contribution in [0.3, 0.4) is 0 Å². The summed E-state index contributed by atoms with van der Waals surface area (Å²) in [6.07, 6.45) is 1.74. The molecule has 2 saturated carbocycles. The molecule has 0 heterocycles. The topological polar surface area (TPSA) is 64.3 Å². The first-order chi connectivity index (χ1) is 16.6. The van der Waals surface area contributed by atoms with E-state index in [0.717, 1.165) is 44.9 Å². The first-order valence-electron chi connectivity index (χ1n) is 12.2. The molecule has 0 bridgehead atoms. The molecule has 2 fully saturated rings. The van der Waals surface area contributed by atoms with Crippen LogP contribution in [0.1, 0.15) is 79.8 Å². The Morgan fingerprint density at radius 3 is 2.11 bits per heavy atom. The van der Waals surface area contributed by atoms with Gasteiger partial charge < -0.3 is 10.0 Å². The number of amides is 1. The van der Waals surface area contributed by atoms with E-state index >= 15 is 0 Å². The maximum Gasteiger partial charge on any atom is 0.421 e. The van der Waals surface area contributed by atoms with Gasteiger partial charge in [0.25, 0.3) is 5.91 Å². The summed E-state index contributed by atoms with van der Waals surface area (Å²) in [5.41, 5.74) is -1.76. The molecule has 0 aromatic heterocycles. The highest BCUT2D eigenvalue weighted by Gasteiger charge is 2.51. The number of carbonyl (C=O) groups is 1. The lowest BCUT2D eigenvalue weighted by atomic mass is 9.65. The third-order valence-electron chi connectivity index (χ3n) is 7.83. The number of halogens is 3. The van der Waals surface area contributed by atoms with Crippen LogP contribution in [-0.2, 0) is 11.0 Å². The molecule has 0 saturated heterocycles. The summed E-state index contributed by atoms with van der Waals surface area (Å²) in [4.78, 5) is 15.4. The van der Waals surface area contributed by atoms with Crippen LogP contribution >= 0.6 is 0 Å². The van der Waals surface area contributed by atoms with Crippen molar-refractivity contribution in [3.63, 3.8) is 0 Å². The number of carbonyl (C=O) groups excluding carboxylic acids is 1. The van der Waals surface area contributed by atoms with Crippen LogP contribution in [0, 0.1) is 11.3 Å². The van der Waals surface area contributed by atoms with E-state index in [-0.39, 0.29) is 29.0 Å². The van der Waals surface area contributed by atoms with Gasteiger partial charge >= 0.3 is 6.18 Å². The zero-order valence-electron chi connectivity index (χ0n) is 19.9. The molecule has 1 amide bonds. The molecule has 0 radical (unpaired) electrons. The fourth-order valence-electron chi connectivity index (χ4n) is 5.44. The predicted molar refractivity (Wildman–Crippen MR) is 126 cm³/mol. The van der Waals surface area contributed by atoms with Gasteiger partial charge in [-0.3, -0.25) is 4.79 Å². The summed E-state index contributed by atoms with van der Waals surface area (Å²) >= 11 is 0. The maximum atomic E-state index is 13.5. The summed E-state index contributed by atoms with van der Waals surface area (Å²) < 4.78 is 39.6. The van der Waals surface area contributed by atoms with Gasteiger partial charge in [0.1, 0.15) is 0 Å². The Bertz CT molecular complexity index is 1060. The van der Waals surface area contributed by atoms with Gasteiger partial charge in [0, 0.05) is 24.1 Å². The van der Waals surface area contributed by atoms with Crippen molar-refractivity contribution in [2.24, 2.45) is 0 Å². The van der Waals surface area contributed by atoms with Gasteiger partial charge in [0.2, 0.25) is 0 Å². The van der Waals surface area contributed by atoms with Crippen molar-refractivity contribution < 1.29 is 23.1 Å². The first kappa shape index (κ1) is 25.2. The lowest BCUT2D eigenvalue weighted by molar-refractivity contribution is -0.258. The second kappa shape index (κ2) is 9.66. The molecule has 4 rings (SSSR count). The summed E-state index contributed by atoms with van der Waals surface area (Å²) in [6, 6.07) is 17.9. The number of hydrogen-bond acceptors (Lipinski definition) is 3. The second-order valence-corrected chi connectivity index (χ2v) is 10.1. The molecule has 1 atom stereocenters. The zero-order chi connectivity index (χ0) is 25.3. The molecule has 1 N–H and O–H groups in total. The van der Waals surface area contributed by atoms with Crippen LogP contribution in [0.25, 0.3) is 0 Å². The van der Waals surface area contributed by atoms with E-state index in [2.05, 4.69) is 18.2 Å². The third-order valence-corrected chi connectivity index (χ3v) is 7.83. The third kappa shape index (κ3) is 5.08. The zero-order valence-corrected chi connectivity index (χ0v) is 19.9. The molecular formula is C28H31F3N2O2. The van der Waals surface area contributed by atoms with E-state index in [1.165, 1.54) is 29.8 Å². The van der Waals surface area contributed by atoms with Crippen LogP contribution in [0.4, 0.5) is 13.2 Å². The highest BCUT2D eigenvalue weighted by atomic mass is 19.4. The van der Waals surface area contributed by atoms with Crippen LogP contribution in [0.5, 0.6) is 0 Å². The minimum Gasteiger partial charge on any atom is -0.376 e. The molecule has 7 heteroatoms. The van der Waals surface area contributed by atoms with Gasteiger partial charge in [-0.25, -0.2) is 0 Å². The van der Waals surface area contributed by atoms with Crippen molar-refractivity contribution in [1.29, 1.82) is 5.26 Å². The Hall–Kier alpha value is -2.85. The lowest BCUT2D eigenvalue weighted by Crippen LogP contribution is -2.46. The molecule has 2 aromatic carbocycles. The number of benzene rings is 2. The largest absolute Gasteiger partial charge is 0.421 e. The smallest absolute Gasteiger partial charge is 0.376 e. The van der Waals surface area contributed by atoms with Gasteiger partial charge in [-0.05, 0) is 80.5 Å². The monoisotopic (exact) mass is 484 g/mol. The van der Waals surface area contributed by atoms with Crippen molar-refractivity contribution in [2.75, 3.05) is 0 Å². The van der Waals surface area contributed by atoms with Crippen LogP contribution < -0.4 is 0 Å². The Morgan fingerprint density at radius 1 is 1.03 bits per heavy atom. The maximum absolute atomic E-state index is 13.5. The van der Waals surface area contributed by atoms with Crippen molar-refractivity contribution in [3.05, 3.63) is 71.3 Å². The van der Waals surface area contributed by atoms with Crippen molar-refractivity contribution in [3.8, 4) is 6.07 Å². The highest BCUT2D eigenvalue weighted by molar-refractivity contribution is 5.95. The normalized spacial score (nSPS) is 24.3. The standard InChI is InChI=1S/C28H31F3N2O2/c1-26(35,28(29,30)31)21-10-8-20(9-11-21)25(34)33(23-12-13-23)24-14-17-27(18-15-24,16-5-19-32)22-6-3-2-4-7-22/h2-4,6-11,23-24,35H,5,12-18H2,1H3/t24?,26-,27?/m0/s1. The van der Waals surface area contributed by atoms with E-state index in [9.17, 15) is 28.3 Å². The summed E-state index contributed by atoms with van der Waals surface area (Å²) in [6.45, 7) is 0.716. The molecule has 35 heavy (non-hydrogen) atoms. The number of rotatable bonds is 7. The van der Waals surface area contributed by atoms with Crippen LogP contribution in [-0.4, -0.2) is 34.2 Å². The average Bonchev–Trinajstić information content (AvgIpc) is 3.69. The number of nitrogens with zero attached hydrogens (tertiary/aromatic N) is 2. The Kier molecular flexibility index (Phi) is 6.97. The molecule has 2 aliphatic rings. The Balaban J connectivity index is 1.51. The van der Waals surface area contributed by atoms with Crippen LogP contribution in [0.2, 0.25) is 0 Å². The minimum absolute atomic E-state index is 0.0619. The molecule has 2 aromatic rings. The molecule has 0 spiro atoms. The van der Waals surface area contributed by atoms with E-state index in [1.54, 1.807) is 0 Å². The second-order valence-electron chi connectivity index (χ2n) is 10.1. The van der Waals surface area contributed by atoms with E-state index in [1.807, 2.05) is 23.1 Å². The summed E-state index contributed by atoms with van der Waals surface area (Å²) in [7, 11) is 0. The van der Waals surface area contributed by atoms with Crippen LogP contribution in [0.15, 0.2) is 54.6 Å². The highest BCUT2D eigenvalue weighted by Crippen LogP contribution is 2.46. The van der Waals surface area contributed by atoms with Gasteiger partial charge in [-0.2, -0.15) is 18.4 Å². The number of hydrogen-bond donors (Lipinski definition) is 1. The lowest BCUT2D eigenvalue weighted by Gasteiger charge is -2.44. The average molecular weight is 485 g/mol. The van der Waals surface area contributed by atoms with Crippen molar-refractivity contribution in [1.82, 2.24) is 4.90 Å². The fourth-order valence-corrected chi connectivity index (χ4v) is 5.44. The van der Waals surface area contributed by atoms with Gasteiger partial charge in [-0.1, -0.05) is 42.5 Å². The Morgan fingerprint density at radius 2 is 1.60 bits per heavy atom. The van der Waals surface area contributed by atoms with Gasteiger partial charge in [0.05, 0.1) is 6.07 Å². The van der Waals surface area contributed by atoms with E-state index in [0.29, 0.717) is 18.9 Å². The molecule has 186 valence electrons. The summed E-state index contributed by atoms with van der Waals surface area (Å²) in [5.74, 6) is -0.167. The number of aliphatic hydroxyl groups is 1. The predicted octanol–water partition coefficient (Wildman–Crippen LogP) is 6.25. The molecule has 0 aliphatic heterocycles. The Labute approximate surface area is 204 Å². The fraction of sp³-hybridized carbons (Fsp3) is 0.500. The SMILES string of the molecule is C[C@](O)(c1ccc(C(=O)N(C2CC2)C2CCC(CCC#N)(c3ccccc3)CC2)cc1)C(F)(F)F. The number of nitriles is 1. The van der Waals surface area contributed by atoms with E-state index in [4.69, 9.17) is 0 Å². The quantitative estimate of drug-likeness (QED) is 0.506. The van der Waals surface area contributed by atoms with Gasteiger partial charge in [0.15, 0.2) is 5.60 Å². The van der Waals surface area contributed by atoms with Crippen molar-refractivity contribution >= 4 is 5.91 Å². The summed E-state index contributed by atoms with van der Waals surface area (Å²) in [5, 5.41) is 19.1. The van der Waals surface area contributed by atoms with Gasteiger partial charge in [-0.15, -0.1) is 0 Å². The molecular weight excluding hydrogens is 453 g/mol. The molecule has 0 unspecified atom stereocenters. The molecule has 4 nitrogen and oxygen atoms in total. The number of alkyl halides is 3. The first-order valence-corrected chi connectivity index (χ1v) is 12.2.